The normalized spacial score (nSPS) is 28.2. The van der Waals surface area contributed by atoms with Crippen LogP contribution in [0.4, 0.5) is 4.79 Å². The van der Waals surface area contributed by atoms with Crippen LogP contribution in [0.25, 0.3) is 0 Å². The van der Waals surface area contributed by atoms with Crippen molar-refractivity contribution in [2.24, 2.45) is 10.7 Å². The van der Waals surface area contributed by atoms with Crippen LogP contribution in [0.15, 0.2) is 16.1 Å². The lowest BCUT2D eigenvalue weighted by Gasteiger charge is -2.35. The average molecular weight is 272 g/mol. The molecule has 0 bridgehead atoms. The summed E-state index contributed by atoms with van der Waals surface area (Å²) in [4.78, 5) is 30.4. The third-order valence-corrected chi connectivity index (χ3v) is 3.12. The summed E-state index contributed by atoms with van der Waals surface area (Å²) in [5, 5.41) is 2.87. The molecule has 18 heavy (non-hydrogen) atoms. The minimum absolute atomic E-state index is 0.232. The van der Waals surface area contributed by atoms with E-state index < -0.39 is 24.1 Å². The van der Waals surface area contributed by atoms with Crippen molar-refractivity contribution in [3.05, 3.63) is 11.1 Å². The molecular formula is C10H14ClN5O2. The Morgan fingerprint density at radius 2 is 2.28 bits per heavy atom. The Morgan fingerprint density at radius 1 is 1.61 bits per heavy atom. The van der Waals surface area contributed by atoms with Crippen LogP contribution >= 0.6 is 11.6 Å². The fraction of sp³-hybridized carbons (Fsp3) is 0.500. The highest BCUT2D eigenvalue weighted by Gasteiger charge is 2.47. The number of nitrogens with two attached hydrogens (primary N) is 1. The van der Waals surface area contributed by atoms with Gasteiger partial charge in [0.1, 0.15) is 0 Å². The van der Waals surface area contributed by atoms with Crippen LogP contribution in [0.1, 0.15) is 6.92 Å². The first-order valence-electron chi connectivity index (χ1n) is 5.41. The Labute approximate surface area is 109 Å². The van der Waals surface area contributed by atoms with E-state index in [2.05, 4.69) is 10.3 Å². The molecule has 0 spiro atoms. The summed E-state index contributed by atoms with van der Waals surface area (Å²) in [5.41, 5.74) is 5.78. The summed E-state index contributed by atoms with van der Waals surface area (Å²) in [6.07, 6.45) is 1.16. The van der Waals surface area contributed by atoms with E-state index in [1.54, 1.807) is 24.9 Å². The molecule has 8 heteroatoms. The number of carbonyl (C=O) groups excluding carboxylic acids is 2. The molecule has 0 aromatic carbocycles. The zero-order valence-corrected chi connectivity index (χ0v) is 10.8. The minimum atomic E-state index is -0.597. The van der Waals surface area contributed by atoms with Gasteiger partial charge in [-0.25, -0.2) is 9.79 Å². The molecule has 1 fully saturated rings. The summed E-state index contributed by atoms with van der Waals surface area (Å²) in [5.74, 6) is -0.163. The molecule has 0 aliphatic carbocycles. The van der Waals surface area contributed by atoms with E-state index in [4.69, 9.17) is 17.3 Å². The van der Waals surface area contributed by atoms with Gasteiger partial charge in [0.05, 0.1) is 0 Å². The third kappa shape index (κ3) is 2.01. The zero-order valence-electron chi connectivity index (χ0n) is 10.1. The minimum Gasteiger partial charge on any atom is -0.370 e. The largest absolute Gasteiger partial charge is 0.370 e. The second kappa shape index (κ2) is 4.49. The molecule has 3 N–H and O–H groups in total. The second-order valence-electron chi connectivity index (χ2n) is 4.19. The number of likely N-dealkylation sites (N-methyl/N-ethyl adjacent to an activating group) is 1. The molecule has 0 aromatic heterocycles. The van der Waals surface area contributed by atoms with Gasteiger partial charge >= 0.3 is 6.03 Å². The molecule has 2 heterocycles. The Bertz CT molecular complexity index is 457. The van der Waals surface area contributed by atoms with Crippen molar-refractivity contribution in [1.82, 2.24) is 15.1 Å². The van der Waals surface area contributed by atoms with Crippen molar-refractivity contribution in [2.75, 3.05) is 13.6 Å². The molecule has 2 atom stereocenters. The van der Waals surface area contributed by atoms with Crippen LogP contribution in [0.3, 0.4) is 0 Å². The van der Waals surface area contributed by atoms with Crippen molar-refractivity contribution in [3.63, 3.8) is 0 Å². The molecule has 2 aliphatic heterocycles. The number of urea groups is 1. The summed E-state index contributed by atoms with van der Waals surface area (Å²) >= 11 is 5.76. The molecule has 7 nitrogen and oxygen atoms in total. The van der Waals surface area contributed by atoms with Crippen LogP contribution in [0.2, 0.25) is 0 Å². The molecule has 1 saturated heterocycles. The number of guanidine groups is 1. The first-order chi connectivity index (χ1) is 8.41. The highest BCUT2D eigenvalue weighted by molar-refractivity contribution is 6.29. The lowest BCUT2D eigenvalue weighted by atomic mass is 10.1. The van der Waals surface area contributed by atoms with E-state index in [0.29, 0.717) is 11.6 Å². The van der Waals surface area contributed by atoms with E-state index in [1.165, 1.54) is 4.90 Å². The van der Waals surface area contributed by atoms with Gasteiger partial charge in [-0.2, -0.15) is 0 Å². The maximum absolute atomic E-state index is 11.8. The molecule has 98 valence electrons. The molecule has 2 rings (SSSR count). The number of carbonyl (C=O) groups is 2. The average Bonchev–Trinajstić information content (AvgIpc) is 2.61. The molecule has 0 aromatic rings. The van der Waals surface area contributed by atoms with Crippen LogP contribution < -0.4 is 11.1 Å². The van der Waals surface area contributed by atoms with Gasteiger partial charge in [-0.05, 0) is 6.92 Å². The Kier molecular flexibility index (Phi) is 3.16. The van der Waals surface area contributed by atoms with Gasteiger partial charge in [-0.15, -0.1) is 0 Å². The Morgan fingerprint density at radius 3 is 2.89 bits per heavy atom. The van der Waals surface area contributed by atoms with Gasteiger partial charge in [0, 0.05) is 18.6 Å². The van der Waals surface area contributed by atoms with E-state index in [1.807, 2.05) is 0 Å². The lowest BCUT2D eigenvalue weighted by Crippen LogP contribution is -2.64. The van der Waals surface area contributed by atoms with Gasteiger partial charge in [0.25, 0.3) is 5.91 Å². The number of imide groups is 1. The molecular weight excluding hydrogens is 258 g/mol. The Hall–Kier alpha value is -1.76. The molecule has 2 unspecified atom stereocenters. The summed E-state index contributed by atoms with van der Waals surface area (Å²) < 4.78 is 0. The van der Waals surface area contributed by atoms with Crippen molar-refractivity contribution in [3.8, 4) is 0 Å². The summed E-state index contributed by atoms with van der Waals surface area (Å²) in [7, 11) is 1.57. The van der Waals surface area contributed by atoms with E-state index in [-0.39, 0.29) is 5.96 Å². The van der Waals surface area contributed by atoms with Crippen molar-refractivity contribution >= 4 is 29.5 Å². The van der Waals surface area contributed by atoms with Gasteiger partial charge < -0.3 is 15.5 Å². The fourth-order valence-corrected chi connectivity index (χ4v) is 2.05. The Balaban J connectivity index is 2.25. The van der Waals surface area contributed by atoms with Crippen molar-refractivity contribution in [2.45, 2.75) is 19.1 Å². The molecule has 0 radical (unpaired) electrons. The lowest BCUT2D eigenvalue weighted by molar-refractivity contribution is -0.126. The number of nitrogens with zero attached hydrogens (tertiary/aromatic N) is 3. The van der Waals surface area contributed by atoms with Crippen molar-refractivity contribution < 1.29 is 9.59 Å². The number of amides is 3. The number of rotatable bonds is 2. The van der Waals surface area contributed by atoms with E-state index >= 15 is 0 Å². The van der Waals surface area contributed by atoms with Gasteiger partial charge in [0.15, 0.2) is 18.2 Å². The van der Waals surface area contributed by atoms with E-state index in [9.17, 15) is 9.59 Å². The predicted octanol–water partition coefficient (Wildman–Crippen LogP) is -0.364. The van der Waals surface area contributed by atoms with Gasteiger partial charge in [0.2, 0.25) is 0 Å². The number of nitrogens with one attached hydrogen (secondary N) is 1. The number of hydrogen-bond acceptors (Lipinski definition) is 5. The number of aliphatic imine (C=N–C) groups is 1. The monoisotopic (exact) mass is 271 g/mol. The smallest absolute Gasteiger partial charge is 0.325 e. The first-order valence-corrected chi connectivity index (χ1v) is 5.79. The zero-order chi connectivity index (χ0) is 13.4. The van der Waals surface area contributed by atoms with Crippen LogP contribution in [0, 0.1) is 0 Å². The van der Waals surface area contributed by atoms with Gasteiger partial charge in [-0.3, -0.25) is 10.1 Å². The molecule has 0 saturated carbocycles. The SMILES string of the molecule is C/C(Cl)=C\CN1C(N)=NC2C1C(=O)NC(=O)N2C. The topological polar surface area (TPSA) is 91.0 Å². The van der Waals surface area contributed by atoms with Crippen LogP contribution in [0.5, 0.6) is 0 Å². The predicted molar refractivity (Wildman–Crippen MR) is 66.8 cm³/mol. The molecule has 3 amide bonds. The summed E-state index contributed by atoms with van der Waals surface area (Å²) in [6, 6.07) is -1.07. The van der Waals surface area contributed by atoms with Crippen LogP contribution in [-0.2, 0) is 4.79 Å². The third-order valence-electron chi connectivity index (χ3n) is 2.96. The number of hydrogen-bond donors (Lipinski definition) is 2. The second-order valence-corrected chi connectivity index (χ2v) is 4.79. The maximum Gasteiger partial charge on any atom is 0.325 e. The number of allylic oxidation sites excluding steroid dienone is 1. The quantitative estimate of drug-likeness (QED) is 0.717. The maximum atomic E-state index is 11.8. The van der Waals surface area contributed by atoms with Crippen molar-refractivity contribution in [1.29, 1.82) is 0 Å². The van der Waals surface area contributed by atoms with Gasteiger partial charge in [-0.1, -0.05) is 17.7 Å². The standard InChI is InChI=1S/C10H14ClN5O2/c1-5(11)3-4-16-6-7(13-9(16)12)15(2)10(18)14-8(6)17/h3,6-7H,4H2,1-2H3,(H2,12,13)(H,14,17,18)/b5-3+. The highest BCUT2D eigenvalue weighted by atomic mass is 35.5. The highest BCUT2D eigenvalue weighted by Crippen LogP contribution is 2.22. The fourth-order valence-electron chi connectivity index (χ4n) is 1.98. The number of halogens is 1. The number of fused-ring (bicyclic) bond motifs is 1. The van der Waals surface area contributed by atoms with E-state index in [0.717, 1.165) is 0 Å². The summed E-state index contributed by atoms with van der Waals surface area (Å²) in [6.45, 7) is 2.11. The molecule has 2 aliphatic rings. The first kappa shape index (κ1) is 12.7. The van der Waals surface area contributed by atoms with Crippen LogP contribution in [-0.4, -0.2) is 53.5 Å².